The van der Waals surface area contributed by atoms with E-state index in [1.54, 1.807) is 6.92 Å². The van der Waals surface area contributed by atoms with Gasteiger partial charge in [0.25, 0.3) is 5.91 Å². The fourth-order valence-corrected chi connectivity index (χ4v) is 1.34. The van der Waals surface area contributed by atoms with Gasteiger partial charge in [-0.2, -0.15) is 0 Å². The number of aliphatic carboxylic acids is 2. The van der Waals surface area contributed by atoms with E-state index in [2.05, 4.69) is 10.3 Å². The van der Waals surface area contributed by atoms with E-state index in [9.17, 15) is 14.4 Å². The van der Waals surface area contributed by atoms with Crippen molar-refractivity contribution < 1.29 is 24.6 Å². The molecule has 0 aliphatic heterocycles. The van der Waals surface area contributed by atoms with Crippen LogP contribution in [0.25, 0.3) is 0 Å². The number of hydrogen-bond acceptors (Lipinski definition) is 4. The van der Waals surface area contributed by atoms with Crippen LogP contribution in [-0.4, -0.2) is 39.1 Å². The molecule has 1 unspecified atom stereocenters. The summed E-state index contributed by atoms with van der Waals surface area (Å²) < 4.78 is 0. The van der Waals surface area contributed by atoms with Crippen molar-refractivity contribution >= 4 is 17.8 Å². The molecule has 0 aliphatic rings. The minimum Gasteiger partial charge on any atom is -0.481 e. The third kappa shape index (κ3) is 3.55. The first-order valence-corrected chi connectivity index (χ1v) is 5.08. The van der Waals surface area contributed by atoms with Gasteiger partial charge >= 0.3 is 11.9 Å². The predicted octanol–water partition coefficient (Wildman–Crippen LogP) is 0.0477. The summed E-state index contributed by atoms with van der Waals surface area (Å²) in [5, 5.41) is 19.5. The molecule has 1 heterocycles. The number of amides is 1. The molecule has 1 rings (SSSR count). The number of rotatable bonds is 5. The number of aromatic nitrogens is 1. The minimum absolute atomic E-state index is 0.265. The number of nitrogens with zero attached hydrogens (tertiary/aromatic N) is 1. The van der Waals surface area contributed by atoms with Crippen LogP contribution in [0.4, 0.5) is 0 Å². The summed E-state index contributed by atoms with van der Waals surface area (Å²) in [6.45, 7) is 1.65. The van der Waals surface area contributed by atoms with Crippen LogP contribution in [0.2, 0.25) is 0 Å². The summed E-state index contributed by atoms with van der Waals surface area (Å²) >= 11 is 0. The van der Waals surface area contributed by atoms with Gasteiger partial charge in [-0.05, 0) is 18.6 Å². The molecular weight excluding hydrogens is 240 g/mol. The van der Waals surface area contributed by atoms with Crippen LogP contribution in [0.1, 0.15) is 22.3 Å². The number of carboxylic acids is 2. The maximum Gasteiger partial charge on any atom is 0.326 e. The summed E-state index contributed by atoms with van der Waals surface area (Å²) in [5.41, 5.74) is 0.844. The Labute approximate surface area is 102 Å². The molecule has 7 nitrogen and oxygen atoms in total. The van der Waals surface area contributed by atoms with Gasteiger partial charge in [0.15, 0.2) is 0 Å². The second-order valence-corrected chi connectivity index (χ2v) is 3.65. The Morgan fingerprint density at radius 2 is 2.06 bits per heavy atom. The summed E-state index contributed by atoms with van der Waals surface area (Å²) in [6.07, 6.45) is 2.18. The molecule has 0 aliphatic carbocycles. The predicted molar refractivity (Wildman–Crippen MR) is 60.1 cm³/mol. The number of pyridine rings is 1. The fraction of sp³-hybridized carbons (Fsp3) is 0.273. The number of carboxylic acid groups (broad SMARTS) is 2. The normalized spacial score (nSPS) is 11.6. The Morgan fingerprint density at radius 3 is 2.56 bits per heavy atom. The molecule has 0 bridgehead atoms. The van der Waals surface area contributed by atoms with E-state index < -0.39 is 30.3 Å². The van der Waals surface area contributed by atoms with Crippen LogP contribution >= 0.6 is 0 Å². The maximum atomic E-state index is 11.8. The number of carbonyl (C=O) groups is 3. The van der Waals surface area contributed by atoms with Crippen LogP contribution in [0, 0.1) is 6.92 Å². The van der Waals surface area contributed by atoms with Crippen LogP contribution in [-0.2, 0) is 9.59 Å². The monoisotopic (exact) mass is 252 g/mol. The molecule has 1 aromatic rings. The third-order valence-electron chi connectivity index (χ3n) is 2.25. The van der Waals surface area contributed by atoms with E-state index in [0.717, 1.165) is 0 Å². The Bertz CT molecular complexity index is 486. The van der Waals surface area contributed by atoms with Crippen LogP contribution in [0.3, 0.4) is 0 Å². The van der Waals surface area contributed by atoms with Gasteiger partial charge in [0, 0.05) is 18.0 Å². The van der Waals surface area contributed by atoms with E-state index in [4.69, 9.17) is 10.2 Å². The highest BCUT2D eigenvalue weighted by Gasteiger charge is 2.23. The highest BCUT2D eigenvalue weighted by Crippen LogP contribution is 2.06. The molecular formula is C11H12N2O5. The van der Waals surface area contributed by atoms with Gasteiger partial charge in [0.05, 0.1) is 6.42 Å². The third-order valence-corrected chi connectivity index (χ3v) is 2.25. The standard InChI is InChI=1S/C11H12N2O5/c1-6-5-12-3-2-7(6)10(16)13-8(11(17)18)4-9(14)15/h2-3,5,8H,4H2,1H3,(H,13,16)(H,14,15)(H,17,18). The molecule has 0 spiro atoms. The quantitative estimate of drug-likeness (QED) is 0.681. The summed E-state index contributed by atoms with van der Waals surface area (Å²) in [7, 11) is 0. The van der Waals surface area contributed by atoms with Crippen molar-refractivity contribution in [2.75, 3.05) is 0 Å². The van der Waals surface area contributed by atoms with Crippen molar-refractivity contribution in [3.8, 4) is 0 Å². The van der Waals surface area contributed by atoms with Gasteiger partial charge in [-0.1, -0.05) is 0 Å². The smallest absolute Gasteiger partial charge is 0.326 e. The van der Waals surface area contributed by atoms with Crippen LogP contribution < -0.4 is 5.32 Å². The summed E-state index contributed by atoms with van der Waals surface area (Å²) in [4.78, 5) is 36.8. The number of aryl methyl sites for hydroxylation is 1. The molecule has 1 aromatic heterocycles. The molecule has 7 heteroatoms. The van der Waals surface area contributed by atoms with Crippen molar-refractivity contribution in [2.45, 2.75) is 19.4 Å². The molecule has 0 saturated carbocycles. The first-order valence-electron chi connectivity index (χ1n) is 5.08. The highest BCUT2D eigenvalue weighted by molar-refractivity contribution is 5.98. The molecule has 0 aromatic carbocycles. The lowest BCUT2D eigenvalue weighted by Gasteiger charge is -2.13. The van der Waals surface area contributed by atoms with E-state index in [1.807, 2.05) is 0 Å². The van der Waals surface area contributed by atoms with E-state index in [0.29, 0.717) is 5.56 Å². The molecule has 1 atom stereocenters. The zero-order valence-corrected chi connectivity index (χ0v) is 9.58. The first-order chi connectivity index (χ1) is 8.41. The van der Waals surface area contributed by atoms with Gasteiger partial charge in [-0.15, -0.1) is 0 Å². The van der Waals surface area contributed by atoms with Crippen molar-refractivity contribution in [2.24, 2.45) is 0 Å². The molecule has 0 radical (unpaired) electrons. The van der Waals surface area contributed by atoms with Crippen molar-refractivity contribution in [1.29, 1.82) is 0 Å². The van der Waals surface area contributed by atoms with Crippen molar-refractivity contribution in [1.82, 2.24) is 10.3 Å². The SMILES string of the molecule is Cc1cnccc1C(=O)NC(CC(=O)O)C(=O)O. The van der Waals surface area contributed by atoms with Crippen LogP contribution in [0.5, 0.6) is 0 Å². The molecule has 18 heavy (non-hydrogen) atoms. The maximum absolute atomic E-state index is 11.8. The topological polar surface area (TPSA) is 117 Å². The summed E-state index contributed by atoms with van der Waals surface area (Å²) in [5.74, 6) is -3.32. The largest absolute Gasteiger partial charge is 0.481 e. The van der Waals surface area contributed by atoms with Gasteiger partial charge in [0.1, 0.15) is 6.04 Å². The Morgan fingerprint density at radius 1 is 1.39 bits per heavy atom. The van der Waals surface area contributed by atoms with Gasteiger partial charge in [-0.3, -0.25) is 14.6 Å². The van der Waals surface area contributed by atoms with E-state index in [-0.39, 0.29) is 5.56 Å². The Balaban J connectivity index is 2.82. The van der Waals surface area contributed by atoms with E-state index >= 15 is 0 Å². The molecule has 0 fully saturated rings. The average molecular weight is 252 g/mol. The van der Waals surface area contributed by atoms with E-state index in [1.165, 1.54) is 18.5 Å². The second-order valence-electron chi connectivity index (χ2n) is 3.65. The highest BCUT2D eigenvalue weighted by atomic mass is 16.4. The van der Waals surface area contributed by atoms with Crippen LogP contribution in [0.15, 0.2) is 18.5 Å². The molecule has 3 N–H and O–H groups in total. The zero-order chi connectivity index (χ0) is 13.7. The number of nitrogens with one attached hydrogen (secondary N) is 1. The number of hydrogen-bond donors (Lipinski definition) is 3. The van der Waals surface area contributed by atoms with Gasteiger partial charge in [0.2, 0.25) is 0 Å². The summed E-state index contributed by atoms with van der Waals surface area (Å²) in [6, 6.07) is -0.0211. The second kappa shape index (κ2) is 5.76. The van der Waals surface area contributed by atoms with Crippen molar-refractivity contribution in [3.63, 3.8) is 0 Å². The lowest BCUT2D eigenvalue weighted by molar-refractivity contribution is -0.145. The molecule has 0 saturated heterocycles. The lowest BCUT2D eigenvalue weighted by Crippen LogP contribution is -2.42. The number of carbonyl (C=O) groups excluding carboxylic acids is 1. The first kappa shape index (κ1) is 13.6. The van der Waals surface area contributed by atoms with Crippen molar-refractivity contribution in [3.05, 3.63) is 29.6 Å². The Kier molecular flexibility index (Phi) is 4.36. The Hall–Kier alpha value is -2.44. The molecule has 96 valence electrons. The fourth-order valence-electron chi connectivity index (χ4n) is 1.34. The lowest BCUT2D eigenvalue weighted by atomic mass is 10.1. The zero-order valence-electron chi connectivity index (χ0n) is 9.58. The minimum atomic E-state index is -1.46. The van der Waals surface area contributed by atoms with Gasteiger partial charge < -0.3 is 15.5 Å². The van der Waals surface area contributed by atoms with Gasteiger partial charge in [-0.25, -0.2) is 4.79 Å². The average Bonchev–Trinajstić information content (AvgIpc) is 2.27. The molecule has 1 amide bonds.